The van der Waals surface area contributed by atoms with Gasteiger partial charge >= 0.3 is 0 Å². The average Bonchev–Trinajstić information content (AvgIpc) is 3.10. The number of benzene rings is 1. The zero-order valence-corrected chi connectivity index (χ0v) is 15.2. The third kappa shape index (κ3) is 3.31. The molecule has 3 rings (SSSR count). The zero-order chi connectivity index (χ0) is 20.6. The van der Waals surface area contributed by atoms with Crippen molar-refractivity contribution in [3.8, 4) is 17.2 Å². The molecule has 0 saturated heterocycles. The van der Waals surface area contributed by atoms with Gasteiger partial charge in [0.05, 0.1) is 13.2 Å². The van der Waals surface area contributed by atoms with Crippen LogP contribution in [0.15, 0.2) is 41.3 Å². The molecule has 1 amide bonds. The molecule has 2 heterocycles. The van der Waals surface area contributed by atoms with Crippen molar-refractivity contribution < 1.29 is 22.7 Å². The number of halogens is 2. The van der Waals surface area contributed by atoms with Crippen LogP contribution in [0.2, 0.25) is 0 Å². The van der Waals surface area contributed by atoms with Crippen molar-refractivity contribution in [1.29, 1.82) is 0 Å². The number of amides is 1. The Labute approximate surface area is 159 Å². The Kier molecular flexibility index (Phi) is 4.86. The van der Waals surface area contributed by atoms with Gasteiger partial charge in [-0.25, -0.2) is 9.97 Å². The molecular weight excluding hydrogens is 370 g/mol. The highest BCUT2D eigenvalue weighted by Crippen LogP contribution is 2.36. The smallest absolute Gasteiger partial charge is 0.286 e. The Bertz CT molecular complexity index is 1070. The maximum atomic E-state index is 13.7. The summed E-state index contributed by atoms with van der Waals surface area (Å²) in [6.07, 6.45) is 1.38. The summed E-state index contributed by atoms with van der Waals surface area (Å²) in [6.45, 7) is 4.32. The molecular formula is C19H18F2N4O3. The van der Waals surface area contributed by atoms with Gasteiger partial charge in [-0.2, -0.15) is 8.78 Å². The van der Waals surface area contributed by atoms with Crippen LogP contribution in [0.25, 0.3) is 22.4 Å². The van der Waals surface area contributed by atoms with Gasteiger partial charge < -0.3 is 20.6 Å². The fourth-order valence-electron chi connectivity index (χ4n) is 2.74. The minimum absolute atomic E-state index is 0.0477. The molecule has 0 aliphatic carbocycles. The van der Waals surface area contributed by atoms with Crippen LogP contribution >= 0.6 is 0 Å². The molecule has 28 heavy (non-hydrogen) atoms. The molecule has 0 aliphatic rings. The van der Waals surface area contributed by atoms with E-state index in [0.717, 1.165) is 6.92 Å². The number of hydrogen-bond acceptors (Lipinski definition) is 6. The van der Waals surface area contributed by atoms with E-state index >= 15 is 0 Å². The second-order valence-corrected chi connectivity index (χ2v) is 6.15. The SMILES string of the molecule is C=C[C@H](N)c1oc(-c2ccc(OC)c3nc(C(C)(F)F)ccc23)nc1C(N)=O. The van der Waals surface area contributed by atoms with E-state index in [1.807, 2.05) is 0 Å². The summed E-state index contributed by atoms with van der Waals surface area (Å²) < 4.78 is 38.3. The maximum absolute atomic E-state index is 13.7. The number of nitrogens with two attached hydrogens (primary N) is 2. The topological polar surface area (TPSA) is 117 Å². The zero-order valence-electron chi connectivity index (χ0n) is 15.2. The van der Waals surface area contributed by atoms with Gasteiger partial charge in [-0.15, -0.1) is 6.58 Å². The number of carbonyl (C=O) groups excluding carboxylic acids is 1. The highest BCUT2D eigenvalue weighted by atomic mass is 19.3. The number of primary amides is 1. The van der Waals surface area contributed by atoms with Gasteiger partial charge in [0.15, 0.2) is 11.5 Å². The molecule has 0 bridgehead atoms. The van der Waals surface area contributed by atoms with Gasteiger partial charge in [-0.05, 0) is 24.3 Å². The number of oxazole rings is 1. The van der Waals surface area contributed by atoms with Crippen molar-refractivity contribution in [2.75, 3.05) is 7.11 Å². The predicted octanol–water partition coefficient (Wildman–Crippen LogP) is 3.29. The van der Waals surface area contributed by atoms with E-state index in [4.69, 9.17) is 20.6 Å². The average molecular weight is 388 g/mol. The van der Waals surface area contributed by atoms with E-state index in [2.05, 4.69) is 16.5 Å². The van der Waals surface area contributed by atoms with E-state index in [-0.39, 0.29) is 22.9 Å². The van der Waals surface area contributed by atoms with E-state index in [9.17, 15) is 13.6 Å². The van der Waals surface area contributed by atoms with E-state index in [0.29, 0.717) is 16.7 Å². The van der Waals surface area contributed by atoms with Crippen LogP contribution < -0.4 is 16.2 Å². The number of fused-ring (bicyclic) bond motifs is 1. The summed E-state index contributed by atoms with van der Waals surface area (Å²) in [7, 11) is 1.41. The predicted molar refractivity (Wildman–Crippen MR) is 99.0 cm³/mol. The third-order valence-corrected chi connectivity index (χ3v) is 4.16. The Balaban J connectivity index is 2.27. The molecule has 1 atom stereocenters. The third-order valence-electron chi connectivity index (χ3n) is 4.16. The minimum atomic E-state index is -3.12. The van der Waals surface area contributed by atoms with E-state index in [1.54, 1.807) is 12.1 Å². The van der Waals surface area contributed by atoms with Gasteiger partial charge in [0.1, 0.15) is 17.0 Å². The van der Waals surface area contributed by atoms with Crippen LogP contribution in [0.4, 0.5) is 8.78 Å². The van der Waals surface area contributed by atoms with E-state index < -0.39 is 23.6 Å². The number of methoxy groups -OCH3 is 1. The number of pyridine rings is 1. The van der Waals surface area contributed by atoms with Crippen molar-refractivity contribution in [1.82, 2.24) is 9.97 Å². The van der Waals surface area contributed by atoms with Crippen LogP contribution in [0.3, 0.4) is 0 Å². The number of ether oxygens (including phenoxy) is 1. The van der Waals surface area contributed by atoms with Crippen molar-refractivity contribution in [3.63, 3.8) is 0 Å². The second-order valence-electron chi connectivity index (χ2n) is 6.15. The van der Waals surface area contributed by atoms with Crippen LogP contribution in [0.5, 0.6) is 5.75 Å². The molecule has 0 spiro atoms. The Morgan fingerprint density at radius 1 is 1.32 bits per heavy atom. The maximum Gasteiger partial charge on any atom is 0.286 e. The molecule has 9 heteroatoms. The van der Waals surface area contributed by atoms with Gasteiger partial charge in [-0.1, -0.05) is 6.08 Å². The number of hydrogen-bond donors (Lipinski definition) is 2. The van der Waals surface area contributed by atoms with Gasteiger partial charge in [0.2, 0.25) is 5.89 Å². The van der Waals surface area contributed by atoms with Crippen LogP contribution in [-0.4, -0.2) is 23.0 Å². The molecule has 146 valence electrons. The fourth-order valence-corrected chi connectivity index (χ4v) is 2.74. The van der Waals surface area contributed by atoms with Crippen molar-refractivity contribution in [2.45, 2.75) is 18.9 Å². The van der Waals surface area contributed by atoms with Crippen molar-refractivity contribution in [3.05, 3.63) is 54.1 Å². The monoisotopic (exact) mass is 388 g/mol. The van der Waals surface area contributed by atoms with Gasteiger partial charge in [-0.3, -0.25) is 4.79 Å². The van der Waals surface area contributed by atoms with Crippen LogP contribution in [0.1, 0.15) is 34.9 Å². The first kappa shape index (κ1) is 19.4. The summed E-state index contributed by atoms with van der Waals surface area (Å²) in [5.41, 5.74) is 11.3. The van der Waals surface area contributed by atoms with Gasteiger partial charge in [0, 0.05) is 17.9 Å². The lowest BCUT2D eigenvalue weighted by atomic mass is 10.1. The van der Waals surface area contributed by atoms with E-state index in [1.165, 1.54) is 25.3 Å². The molecule has 0 fully saturated rings. The first-order valence-corrected chi connectivity index (χ1v) is 8.22. The summed E-state index contributed by atoms with van der Waals surface area (Å²) in [4.78, 5) is 19.9. The lowest BCUT2D eigenvalue weighted by Gasteiger charge is -2.13. The standard InChI is InChI=1S/C19H18F2N4O3/c1-4-11(22)16-15(17(23)26)25-18(28-16)10-5-7-12(27-3)14-9(10)6-8-13(24-14)19(2,20)21/h4-8,11H,1,22H2,2-3H3,(H2,23,26)/t11-/m0/s1. The molecule has 7 nitrogen and oxygen atoms in total. The molecule has 0 aliphatic heterocycles. The molecule has 1 aromatic carbocycles. The Hall–Kier alpha value is -3.33. The highest BCUT2D eigenvalue weighted by Gasteiger charge is 2.28. The summed E-state index contributed by atoms with van der Waals surface area (Å²) in [6, 6.07) is 5.04. The van der Waals surface area contributed by atoms with Crippen LogP contribution in [-0.2, 0) is 5.92 Å². The lowest BCUT2D eigenvalue weighted by Crippen LogP contribution is -2.17. The summed E-state index contributed by atoms with van der Waals surface area (Å²) in [5.74, 6) is -3.53. The molecule has 3 aromatic rings. The molecule has 0 radical (unpaired) electrons. The molecule has 4 N–H and O–H groups in total. The lowest BCUT2D eigenvalue weighted by molar-refractivity contribution is 0.0131. The number of aromatic nitrogens is 2. The molecule has 0 unspecified atom stereocenters. The minimum Gasteiger partial charge on any atom is -0.494 e. The highest BCUT2D eigenvalue weighted by molar-refractivity contribution is 5.97. The second kappa shape index (κ2) is 7.01. The number of nitrogens with zero attached hydrogens (tertiary/aromatic N) is 2. The molecule has 2 aromatic heterocycles. The van der Waals surface area contributed by atoms with Crippen molar-refractivity contribution in [2.24, 2.45) is 11.5 Å². The first-order valence-electron chi connectivity index (χ1n) is 8.22. The number of alkyl halides is 2. The summed E-state index contributed by atoms with van der Waals surface area (Å²) in [5, 5.41) is 0.448. The number of carbonyl (C=O) groups is 1. The summed E-state index contributed by atoms with van der Waals surface area (Å²) >= 11 is 0. The molecule has 0 saturated carbocycles. The normalized spacial score (nSPS) is 12.8. The quantitative estimate of drug-likeness (QED) is 0.626. The Morgan fingerprint density at radius 3 is 2.61 bits per heavy atom. The van der Waals surface area contributed by atoms with Gasteiger partial charge in [0.25, 0.3) is 11.8 Å². The largest absolute Gasteiger partial charge is 0.494 e. The number of rotatable bonds is 6. The fraction of sp³-hybridized carbons (Fsp3) is 0.211. The first-order chi connectivity index (χ1) is 13.2. The van der Waals surface area contributed by atoms with Crippen LogP contribution in [0, 0.1) is 0 Å². The Morgan fingerprint density at radius 2 is 2.04 bits per heavy atom. The van der Waals surface area contributed by atoms with Crippen molar-refractivity contribution >= 4 is 16.8 Å².